The molecule has 23 heteroatoms. The van der Waals surface area contributed by atoms with Crippen LogP contribution in [0.5, 0.6) is 0 Å². The summed E-state index contributed by atoms with van der Waals surface area (Å²) in [6, 6.07) is 0. The van der Waals surface area contributed by atoms with Crippen LogP contribution in [0.2, 0.25) is 0 Å². The summed E-state index contributed by atoms with van der Waals surface area (Å²) in [6.07, 6.45) is 2.90. The fourth-order valence-corrected chi connectivity index (χ4v) is 3.21. The van der Waals surface area contributed by atoms with E-state index in [2.05, 4.69) is 11.6 Å². The summed E-state index contributed by atoms with van der Waals surface area (Å²) in [6.45, 7) is 0.772. The van der Waals surface area contributed by atoms with Gasteiger partial charge in [0.05, 0.1) is 0 Å². The fraction of sp³-hybridized carbons (Fsp3) is 0.950. The molecule has 0 aromatic rings. The number of carbonyl (C=O) groups is 1. The lowest BCUT2D eigenvalue weighted by atomic mass is 9.86. The van der Waals surface area contributed by atoms with Crippen molar-refractivity contribution in [2.24, 2.45) is 0 Å². The van der Waals surface area contributed by atoms with E-state index in [1.807, 2.05) is 6.92 Å². The second-order valence-corrected chi connectivity index (χ2v) is 9.52. The lowest BCUT2D eigenvalue weighted by Gasteiger charge is -2.44. The molecule has 0 heterocycles. The molecule has 0 unspecified atom stereocenters. The summed E-state index contributed by atoms with van der Waals surface area (Å²) in [5.41, 5.74) is 0. The summed E-state index contributed by atoms with van der Waals surface area (Å²) < 4.78 is 270. The second kappa shape index (κ2) is 12.6. The monoisotopic (exact) mass is 705 g/mol. The summed E-state index contributed by atoms with van der Waals surface area (Å²) in [5, 5.41) is -6.23. The van der Waals surface area contributed by atoms with Gasteiger partial charge in [0.2, 0.25) is 0 Å². The van der Waals surface area contributed by atoms with Gasteiger partial charge in [-0.1, -0.05) is 45.4 Å². The van der Waals surface area contributed by atoms with Crippen LogP contribution in [0.3, 0.4) is 0 Å². The zero-order valence-electron chi connectivity index (χ0n) is 21.0. The summed E-state index contributed by atoms with van der Waals surface area (Å²) in [7, 11) is 0. The molecule has 0 saturated heterocycles. The van der Waals surface area contributed by atoms with E-state index >= 15 is 0 Å². The molecule has 43 heavy (non-hydrogen) atoms. The van der Waals surface area contributed by atoms with Crippen LogP contribution in [0, 0.1) is 0 Å². The number of hydrogen-bond donors (Lipinski definition) is 1. The van der Waals surface area contributed by atoms with Crippen LogP contribution in [0.15, 0.2) is 0 Å². The number of unbranched alkanes of at least 4 members (excludes halogenated alkanes) is 6. The molecule has 1 N–H and O–H groups in total. The van der Waals surface area contributed by atoms with Crippen molar-refractivity contribution in [1.82, 2.24) is 5.32 Å². The molecule has 0 aromatic carbocycles. The summed E-state index contributed by atoms with van der Waals surface area (Å²) >= 11 is 3.34. The van der Waals surface area contributed by atoms with Gasteiger partial charge in [-0.3, -0.25) is 4.79 Å². The molecule has 0 aliphatic rings. The van der Waals surface area contributed by atoms with Crippen LogP contribution in [-0.4, -0.2) is 71.1 Å². The molecule has 0 aliphatic carbocycles. The van der Waals surface area contributed by atoms with E-state index in [-0.39, 0.29) is 12.8 Å². The van der Waals surface area contributed by atoms with Gasteiger partial charge in [-0.05, 0) is 18.0 Å². The van der Waals surface area contributed by atoms with E-state index in [1.165, 1.54) is 0 Å². The maximum atomic E-state index is 13.9. The van der Waals surface area contributed by atoms with E-state index < -0.39 is 71.1 Å². The smallest absolute Gasteiger partial charge is 0.351 e. The molecule has 0 spiro atoms. The van der Waals surface area contributed by atoms with Crippen molar-refractivity contribution in [3.8, 4) is 0 Å². The number of amides is 1. The number of nitrogens with one attached hydrogen (secondary N) is 1. The minimum absolute atomic E-state index is 0.0784. The Kier molecular flexibility index (Phi) is 12.1. The maximum absolute atomic E-state index is 13.9. The average Bonchev–Trinajstić information content (AvgIpc) is 2.83. The second-order valence-electron chi connectivity index (χ2n) is 9.04. The van der Waals surface area contributed by atoms with Gasteiger partial charge in [0, 0.05) is 6.54 Å². The molecule has 1 amide bonds. The molecule has 2 nitrogen and oxygen atoms in total. The first-order valence-electron chi connectivity index (χ1n) is 11.5. The summed E-state index contributed by atoms with van der Waals surface area (Å²) in [5.74, 6) is -80.8. The van der Waals surface area contributed by atoms with Crippen molar-refractivity contribution in [3.05, 3.63) is 0 Å². The Bertz CT molecular complexity index is 945. The Morgan fingerprint density at radius 1 is 0.465 bits per heavy atom. The molecule has 0 aromatic heterocycles. The van der Waals surface area contributed by atoms with Gasteiger partial charge in [-0.2, -0.15) is 87.8 Å². The number of carbonyl (C=O) groups excluding carboxylic acids is 1. The Morgan fingerprint density at radius 2 is 0.744 bits per heavy atom. The van der Waals surface area contributed by atoms with Crippen LogP contribution >= 0.6 is 11.6 Å². The van der Waals surface area contributed by atoms with Crippen molar-refractivity contribution in [2.75, 3.05) is 6.54 Å². The molecule has 0 fully saturated rings. The highest BCUT2D eigenvalue weighted by Gasteiger charge is 2.98. The van der Waals surface area contributed by atoms with Crippen LogP contribution < -0.4 is 5.32 Å². The Morgan fingerprint density at radius 3 is 1.07 bits per heavy atom. The highest BCUT2D eigenvalue weighted by molar-refractivity contribution is 6.22. The third-order valence-corrected chi connectivity index (χ3v) is 6.10. The predicted molar refractivity (Wildman–Crippen MR) is 106 cm³/mol. The SMILES string of the molecule is CCCCCCCCCNC(=O)C(F)(F)C(F)(F)C(F)(F)C(F)(F)C(F)(F)C(F)(F)C(F)(F)C(F)(F)C(F)(F)C(F)(F)Cl. The number of hydrogen-bond acceptors (Lipinski definition) is 1. The summed E-state index contributed by atoms with van der Waals surface area (Å²) in [4.78, 5) is 11.4. The normalized spacial score (nSPS) is 15.6. The van der Waals surface area contributed by atoms with Crippen LogP contribution in [-0.2, 0) is 4.79 Å². The average molecular weight is 706 g/mol. The predicted octanol–water partition coefficient (Wildman–Crippen LogP) is 9.40. The fourth-order valence-electron chi connectivity index (χ4n) is 3.10. The number of halogens is 21. The van der Waals surface area contributed by atoms with Crippen molar-refractivity contribution in [3.63, 3.8) is 0 Å². The largest absolute Gasteiger partial charge is 0.393 e. The molecule has 0 radical (unpaired) electrons. The highest BCUT2D eigenvalue weighted by Crippen LogP contribution is 2.66. The molecule has 0 aliphatic heterocycles. The quantitative estimate of drug-likeness (QED) is 0.0860. The lowest BCUT2D eigenvalue weighted by molar-refractivity contribution is -0.464. The Labute approximate surface area is 233 Å². The van der Waals surface area contributed by atoms with Crippen molar-refractivity contribution >= 4 is 17.5 Å². The molecule has 0 saturated carbocycles. The Balaban J connectivity index is 6.39. The first kappa shape index (κ1) is 41.4. The van der Waals surface area contributed by atoms with Gasteiger partial charge in [0.15, 0.2) is 0 Å². The van der Waals surface area contributed by atoms with Crippen LogP contribution in [0.4, 0.5) is 87.8 Å². The lowest BCUT2D eigenvalue weighted by Crippen LogP contribution is -2.77. The molecule has 0 bridgehead atoms. The third kappa shape index (κ3) is 6.53. The van der Waals surface area contributed by atoms with Crippen LogP contribution in [0.1, 0.15) is 51.9 Å². The number of alkyl halides is 21. The molecule has 258 valence electrons. The number of rotatable bonds is 18. The van der Waals surface area contributed by atoms with Crippen LogP contribution in [0.25, 0.3) is 0 Å². The van der Waals surface area contributed by atoms with Crippen molar-refractivity contribution in [2.45, 2.75) is 111 Å². The van der Waals surface area contributed by atoms with E-state index in [4.69, 9.17) is 0 Å². The van der Waals surface area contributed by atoms with Gasteiger partial charge in [0.25, 0.3) is 5.91 Å². The van der Waals surface area contributed by atoms with Gasteiger partial charge >= 0.3 is 58.7 Å². The minimum Gasteiger partial charge on any atom is -0.351 e. The van der Waals surface area contributed by atoms with Gasteiger partial charge in [-0.25, -0.2) is 0 Å². The maximum Gasteiger partial charge on any atom is 0.393 e. The topological polar surface area (TPSA) is 29.1 Å². The van der Waals surface area contributed by atoms with Crippen molar-refractivity contribution < 1.29 is 92.6 Å². The van der Waals surface area contributed by atoms with Gasteiger partial charge in [-0.15, -0.1) is 0 Å². The molecule has 0 rings (SSSR count). The van der Waals surface area contributed by atoms with E-state index in [0.717, 1.165) is 18.2 Å². The van der Waals surface area contributed by atoms with E-state index in [1.54, 1.807) is 0 Å². The molecule has 0 atom stereocenters. The molecular formula is C20H20ClF20NO. The zero-order valence-corrected chi connectivity index (χ0v) is 21.8. The first-order chi connectivity index (χ1) is 18.7. The van der Waals surface area contributed by atoms with E-state index in [9.17, 15) is 92.6 Å². The van der Waals surface area contributed by atoms with Gasteiger partial charge in [0.1, 0.15) is 0 Å². The first-order valence-corrected chi connectivity index (χ1v) is 11.9. The zero-order chi connectivity index (χ0) is 34.9. The molecular weight excluding hydrogens is 686 g/mol. The highest BCUT2D eigenvalue weighted by atomic mass is 35.5. The van der Waals surface area contributed by atoms with Gasteiger partial charge < -0.3 is 5.32 Å². The Hall–Kier alpha value is -1.64. The minimum atomic E-state index is -9.15. The van der Waals surface area contributed by atoms with Crippen molar-refractivity contribution in [1.29, 1.82) is 0 Å². The van der Waals surface area contributed by atoms with E-state index in [0.29, 0.717) is 19.3 Å². The third-order valence-electron chi connectivity index (χ3n) is 5.86. The standard InChI is InChI=1S/C20H20ClF20NO/c1-2-3-4-5-6-7-8-9-42-10(43)11(22,23)12(24,25)13(26,27)14(28,29)15(30,31)16(32,33)17(34,35)18(36,37)19(38,39)20(21,40)41/h2-9H2,1H3,(H,42,43).